The van der Waals surface area contributed by atoms with E-state index < -0.39 is 0 Å². The van der Waals surface area contributed by atoms with Crippen LogP contribution >= 0.6 is 23.2 Å². The van der Waals surface area contributed by atoms with Gasteiger partial charge in [-0.1, -0.05) is 35.3 Å². The lowest BCUT2D eigenvalue weighted by atomic mass is 10.1. The van der Waals surface area contributed by atoms with Gasteiger partial charge < -0.3 is 5.73 Å². The molecule has 1 aromatic heterocycles. The van der Waals surface area contributed by atoms with Gasteiger partial charge >= 0.3 is 0 Å². The smallest absolute Gasteiger partial charge is 0.126 e. The first-order chi connectivity index (χ1) is 8.16. The molecule has 88 valence electrons. The fourth-order valence-electron chi connectivity index (χ4n) is 1.64. The van der Waals surface area contributed by atoms with Crippen LogP contribution in [-0.4, -0.2) is 4.98 Å². The second kappa shape index (κ2) is 5.39. The fraction of sp³-hybridized carbons (Fsp3) is 0.154. The molecule has 1 heterocycles. The number of aromatic nitrogens is 1. The zero-order chi connectivity index (χ0) is 12.3. The predicted molar refractivity (Wildman–Crippen MR) is 72.5 cm³/mol. The Morgan fingerprint density at radius 2 is 1.88 bits per heavy atom. The van der Waals surface area contributed by atoms with Crippen LogP contribution in [0.5, 0.6) is 0 Å². The van der Waals surface area contributed by atoms with Crippen LogP contribution in [0.15, 0.2) is 36.5 Å². The highest BCUT2D eigenvalue weighted by molar-refractivity contribution is 6.42. The Morgan fingerprint density at radius 3 is 2.59 bits per heavy atom. The number of anilines is 1. The Labute approximate surface area is 110 Å². The van der Waals surface area contributed by atoms with Crippen molar-refractivity contribution >= 4 is 29.0 Å². The van der Waals surface area contributed by atoms with Gasteiger partial charge in [0, 0.05) is 6.20 Å². The molecule has 2 N–H and O–H groups in total. The number of rotatable bonds is 3. The summed E-state index contributed by atoms with van der Waals surface area (Å²) in [7, 11) is 0. The molecule has 0 unspecified atom stereocenters. The van der Waals surface area contributed by atoms with Gasteiger partial charge in [-0.2, -0.15) is 0 Å². The first-order valence-corrected chi connectivity index (χ1v) is 6.05. The van der Waals surface area contributed by atoms with Gasteiger partial charge in [-0.3, -0.25) is 0 Å². The maximum atomic E-state index is 5.96. The van der Waals surface area contributed by atoms with Crippen LogP contribution in [0.2, 0.25) is 10.0 Å². The molecule has 0 atom stereocenters. The molecular weight excluding hydrogens is 255 g/mol. The number of aryl methyl sites for hydroxylation is 2. The first-order valence-electron chi connectivity index (χ1n) is 5.30. The summed E-state index contributed by atoms with van der Waals surface area (Å²) in [6.45, 7) is 0. The molecule has 0 aliphatic heterocycles. The van der Waals surface area contributed by atoms with Crippen molar-refractivity contribution in [2.75, 3.05) is 5.73 Å². The largest absolute Gasteiger partial charge is 0.383 e. The number of nitrogens with zero attached hydrogens (tertiary/aromatic N) is 1. The number of hydrogen-bond acceptors (Lipinski definition) is 2. The molecule has 0 aliphatic rings. The van der Waals surface area contributed by atoms with Crippen LogP contribution in [0.1, 0.15) is 11.1 Å². The molecule has 1 aromatic carbocycles. The van der Waals surface area contributed by atoms with Crippen molar-refractivity contribution in [3.05, 3.63) is 57.7 Å². The minimum absolute atomic E-state index is 0.580. The molecule has 0 radical (unpaired) electrons. The molecule has 0 saturated heterocycles. The minimum atomic E-state index is 0.580. The van der Waals surface area contributed by atoms with Gasteiger partial charge in [-0.25, -0.2) is 4.98 Å². The van der Waals surface area contributed by atoms with Gasteiger partial charge in [0.25, 0.3) is 0 Å². The van der Waals surface area contributed by atoms with E-state index in [1.807, 2.05) is 30.3 Å². The van der Waals surface area contributed by atoms with Crippen molar-refractivity contribution in [3.63, 3.8) is 0 Å². The van der Waals surface area contributed by atoms with Gasteiger partial charge in [0.05, 0.1) is 10.0 Å². The molecule has 2 rings (SSSR count). The summed E-state index contributed by atoms with van der Waals surface area (Å²) >= 11 is 11.8. The summed E-state index contributed by atoms with van der Waals surface area (Å²) in [6.07, 6.45) is 3.41. The van der Waals surface area contributed by atoms with Gasteiger partial charge in [-0.05, 0) is 42.2 Å². The molecule has 2 nitrogen and oxygen atoms in total. The van der Waals surface area contributed by atoms with Gasteiger partial charge in [0.15, 0.2) is 0 Å². The van der Waals surface area contributed by atoms with E-state index in [0.717, 1.165) is 24.0 Å². The summed E-state index contributed by atoms with van der Waals surface area (Å²) in [5, 5.41) is 1.17. The normalized spacial score (nSPS) is 10.5. The van der Waals surface area contributed by atoms with E-state index in [2.05, 4.69) is 4.98 Å². The van der Waals surface area contributed by atoms with Gasteiger partial charge in [0.1, 0.15) is 5.82 Å². The van der Waals surface area contributed by atoms with E-state index in [4.69, 9.17) is 28.9 Å². The molecular formula is C13H12Cl2N2. The van der Waals surface area contributed by atoms with Crippen LogP contribution in [0.25, 0.3) is 0 Å². The van der Waals surface area contributed by atoms with E-state index in [9.17, 15) is 0 Å². The second-order valence-electron chi connectivity index (χ2n) is 3.80. The fourth-order valence-corrected chi connectivity index (χ4v) is 1.96. The van der Waals surface area contributed by atoms with Crippen LogP contribution in [0.3, 0.4) is 0 Å². The molecule has 0 aliphatic carbocycles. The molecule has 2 aromatic rings. The predicted octanol–water partition coefficient (Wildman–Crippen LogP) is 3.76. The quantitative estimate of drug-likeness (QED) is 0.919. The van der Waals surface area contributed by atoms with E-state index in [0.29, 0.717) is 15.9 Å². The van der Waals surface area contributed by atoms with Crippen molar-refractivity contribution in [3.8, 4) is 0 Å². The topological polar surface area (TPSA) is 38.9 Å². The Kier molecular flexibility index (Phi) is 3.87. The average molecular weight is 267 g/mol. The van der Waals surface area contributed by atoms with Gasteiger partial charge in [-0.15, -0.1) is 0 Å². The van der Waals surface area contributed by atoms with Crippen LogP contribution in [-0.2, 0) is 12.8 Å². The maximum Gasteiger partial charge on any atom is 0.126 e. The molecule has 0 fully saturated rings. The number of halogens is 2. The highest BCUT2D eigenvalue weighted by atomic mass is 35.5. The Morgan fingerprint density at radius 1 is 1.06 bits per heavy atom. The third-order valence-electron chi connectivity index (χ3n) is 2.59. The van der Waals surface area contributed by atoms with Crippen LogP contribution < -0.4 is 5.73 Å². The monoisotopic (exact) mass is 266 g/mol. The first kappa shape index (κ1) is 12.2. The zero-order valence-corrected chi connectivity index (χ0v) is 10.7. The molecule has 0 bridgehead atoms. The Balaban J connectivity index is 2.08. The van der Waals surface area contributed by atoms with E-state index >= 15 is 0 Å². The van der Waals surface area contributed by atoms with Crippen molar-refractivity contribution in [2.45, 2.75) is 12.8 Å². The lowest BCUT2D eigenvalue weighted by Gasteiger charge is -2.05. The van der Waals surface area contributed by atoms with E-state index in [1.54, 1.807) is 6.20 Å². The number of nitrogens with two attached hydrogens (primary N) is 1. The lowest BCUT2D eigenvalue weighted by molar-refractivity contribution is 0.954. The summed E-state index contributed by atoms with van der Waals surface area (Å²) in [5.74, 6) is 0.590. The molecule has 17 heavy (non-hydrogen) atoms. The Hall–Kier alpha value is -1.25. The SMILES string of the molecule is Nc1ncccc1CCc1ccc(Cl)c(Cl)c1. The van der Waals surface area contributed by atoms with E-state index in [1.165, 1.54) is 0 Å². The summed E-state index contributed by atoms with van der Waals surface area (Å²) in [4.78, 5) is 4.05. The van der Waals surface area contributed by atoms with Crippen molar-refractivity contribution < 1.29 is 0 Å². The second-order valence-corrected chi connectivity index (χ2v) is 4.61. The third-order valence-corrected chi connectivity index (χ3v) is 3.33. The molecule has 0 amide bonds. The maximum absolute atomic E-state index is 5.96. The highest BCUT2D eigenvalue weighted by Crippen LogP contribution is 2.23. The number of pyridine rings is 1. The van der Waals surface area contributed by atoms with Crippen LogP contribution in [0.4, 0.5) is 5.82 Å². The number of nitrogen functional groups attached to an aromatic ring is 1. The summed E-state index contributed by atoms with van der Waals surface area (Å²) in [5.41, 5.74) is 7.98. The third kappa shape index (κ3) is 3.11. The number of hydrogen-bond donors (Lipinski definition) is 1. The van der Waals surface area contributed by atoms with Crippen molar-refractivity contribution in [1.29, 1.82) is 0 Å². The van der Waals surface area contributed by atoms with Crippen molar-refractivity contribution in [1.82, 2.24) is 4.98 Å². The molecule has 4 heteroatoms. The van der Waals surface area contributed by atoms with Crippen molar-refractivity contribution in [2.24, 2.45) is 0 Å². The standard InChI is InChI=1S/C13H12Cl2N2/c14-11-6-4-9(8-12(11)15)3-5-10-2-1-7-17-13(10)16/h1-2,4,6-8H,3,5H2,(H2,16,17). The summed E-state index contributed by atoms with van der Waals surface area (Å²) in [6, 6.07) is 9.55. The Bertz CT molecular complexity index is 527. The van der Waals surface area contributed by atoms with Crippen LogP contribution in [0, 0.1) is 0 Å². The highest BCUT2D eigenvalue weighted by Gasteiger charge is 2.02. The average Bonchev–Trinajstić information content (AvgIpc) is 2.32. The molecule has 0 spiro atoms. The zero-order valence-electron chi connectivity index (χ0n) is 9.16. The van der Waals surface area contributed by atoms with E-state index in [-0.39, 0.29) is 0 Å². The lowest BCUT2D eigenvalue weighted by Crippen LogP contribution is -1.99. The molecule has 0 saturated carbocycles. The summed E-state index contributed by atoms with van der Waals surface area (Å²) < 4.78 is 0. The number of benzene rings is 1. The van der Waals surface area contributed by atoms with Gasteiger partial charge in [0.2, 0.25) is 0 Å². The minimum Gasteiger partial charge on any atom is -0.383 e.